The SMILES string of the molecule is CCCc1nc(C(C)C)n(C(C)C)c1N. The standard InChI is InChI=1S/C12H23N3/c1-6-7-10-11(13)15(9(4)5)12(14-10)8(2)3/h8-9H,6-7,13H2,1-5H3. The molecule has 2 N–H and O–H groups in total. The molecule has 0 saturated carbocycles. The number of imidazole rings is 1. The van der Waals surface area contributed by atoms with Crippen LogP contribution in [0.3, 0.4) is 0 Å². The summed E-state index contributed by atoms with van der Waals surface area (Å²) in [5.41, 5.74) is 7.19. The van der Waals surface area contributed by atoms with Crippen molar-refractivity contribution in [1.82, 2.24) is 9.55 Å². The highest BCUT2D eigenvalue weighted by Crippen LogP contribution is 2.25. The normalized spacial score (nSPS) is 11.7. The van der Waals surface area contributed by atoms with Gasteiger partial charge in [0.25, 0.3) is 0 Å². The van der Waals surface area contributed by atoms with Crippen LogP contribution in [0.4, 0.5) is 5.82 Å². The first-order chi connectivity index (χ1) is 6.99. The van der Waals surface area contributed by atoms with Crippen LogP contribution >= 0.6 is 0 Å². The van der Waals surface area contributed by atoms with Crippen molar-refractivity contribution in [3.05, 3.63) is 11.5 Å². The van der Waals surface area contributed by atoms with Gasteiger partial charge < -0.3 is 10.3 Å². The molecule has 0 unspecified atom stereocenters. The van der Waals surface area contributed by atoms with Crippen molar-refractivity contribution in [2.24, 2.45) is 0 Å². The number of anilines is 1. The number of nitrogen functional groups attached to an aromatic ring is 1. The molecule has 15 heavy (non-hydrogen) atoms. The van der Waals surface area contributed by atoms with E-state index in [-0.39, 0.29) is 0 Å². The lowest BCUT2D eigenvalue weighted by molar-refractivity contribution is 0.556. The molecule has 1 heterocycles. The van der Waals surface area contributed by atoms with E-state index in [9.17, 15) is 0 Å². The van der Waals surface area contributed by atoms with Crippen molar-refractivity contribution in [2.45, 2.75) is 59.4 Å². The summed E-state index contributed by atoms with van der Waals surface area (Å²) in [6.45, 7) is 10.8. The maximum atomic E-state index is 6.13. The van der Waals surface area contributed by atoms with Crippen LogP contribution in [0.15, 0.2) is 0 Å². The predicted molar refractivity (Wildman–Crippen MR) is 65.1 cm³/mol. The van der Waals surface area contributed by atoms with E-state index in [4.69, 9.17) is 5.73 Å². The topological polar surface area (TPSA) is 43.8 Å². The minimum absolute atomic E-state index is 0.389. The zero-order chi connectivity index (χ0) is 11.6. The van der Waals surface area contributed by atoms with Gasteiger partial charge in [-0.15, -0.1) is 0 Å². The summed E-state index contributed by atoms with van der Waals surface area (Å²) < 4.78 is 2.16. The highest BCUT2D eigenvalue weighted by atomic mass is 15.2. The zero-order valence-corrected chi connectivity index (χ0v) is 10.5. The van der Waals surface area contributed by atoms with Crippen molar-refractivity contribution in [3.8, 4) is 0 Å². The first-order valence-corrected chi connectivity index (χ1v) is 5.85. The van der Waals surface area contributed by atoms with Crippen molar-refractivity contribution < 1.29 is 0 Å². The average molecular weight is 209 g/mol. The lowest BCUT2D eigenvalue weighted by atomic mass is 10.2. The number of aryl methyl sites for hydroxylation is 1. The molecule has 1 aromatic heterocycles. The Balaban J connectivity index is 3.20. The first-order valence-electron chi connectivity index (χ1n) is 5.85. The van der Waals surface area contributed by atoms with Gasteiger partial charge in [0.1, 0.15) is 11.6 Å². The van der Waals surface area contributed by atoms with Crippen LogP contribution in [-0.2, 0) is 6.42 Å². The highest BCUT2D eigenvalue weighted by Gasteiger charge is 2.17. The minimum atomic E-state index is 0.389. The molecule has 0 saturated heterocycles. The van der Waals surface area contributed by atoms with E-state index < -0.39 is 0 Å². The lowest BCUT2D eigenvalue weighted by Crippen LogP contribution is -2.10. The van der Waals surface area contributed by atoms with Crippen LogP contribution < -0.4 is 5.73 Å². The van der Waals surface area contributed by atoms with Crippen molar-refractivity contribution in [3.63, 3.8) is 0 Å². The Morgan fingerprint density at radius 2 is 1.87 bits per heavy atom. The molecule has 0 radical (unpaired) electrons. The van der Waals surface area contributed by atoms with Gasteiger partial charge in [-0.05, 0) is 20.3 Å². The second kappa shape index (κ2) is 4.69. The van der Waals surface area contributed by atoms with Crippen LogP contribution in [0, 0.1) is 0 Å². The maximum absolute atomic E-state index is 6.13. The molecule has 86 valence electrons. The smallest absolute Gasteiger partial charge is 0.127 e. The summed E-state index contributed by atoms with van der Waals surface area (Å²) in [6, 6.07) is 0.389. The van der Waals surface area contributed by atoms with Gasteiger partial charge in [-0.2, -0.15) is 0 Å². The largest absolute Gasteiger partial charge is 0.384 e. The Bertz CT molecular complexity index is 324. The predicted octanol–water partition coefficient (Wildman–Crippen LogP) is 3.12. The molecule has 1 rings (SSSR count). The Hall–Kier alpha value is -0.990. The van der Waals surface area contributed by atoms with E-state index in [1.807, 2.05) is 0 Å². The molecule has 0 atom stereocenters. The molecule has 0 aliphatic carbocycles. The second-order valence-corrected chi connectivity index (χ2v) is 4.67. The summed E-state index contributed by atoms with van der Waals surface area (Å²) in [7, 11) is 0. The Labute approximate surface area is 92.7 Å². The molecule has 0 aliphatic rings. The Morgan fingerprint density at radius 3 is 2.20 bits per heavy atom. The monoisotopic (exact) mass is 209 g/mol. The third-order valence-corrected chi connectivity index (χ3v) is 2.57. The van der Waals surface area contributed by atoms with E-state index in [1.54, 1.807) is 0 Å². The Morgan fingerprint density at radius 1 is 1.27 bits per heavy atom. The number of nitrogens with two attached hydrogens (primary N) is 1. The Kier molecular flexibility index (Phi) is 3.77. The molecule has 1 aromatic rings. The minimum Gasteiger partial charge on any atom is -0.384 e. The molecule has 0 amide bonds. The van der Waals surface area contributed by atoms with Gasteiger partial charge >= 0.3 is 0 Å². The van der Waals surface area contributed by atoms with E-state index >= 15 is 0 Å². The van der Waals surface area contributed by atoms with E-state index in [0.29, 0.717) is 12.0 Å². The maximum Gasteiger partial charge on any atom is 0.127 e. The van der Waals surface area contributed by atoms with Gasteiger partial charge in [-0.3, -0.25) is 0 Å². The zero-order valence-electron chi connectivity index (χ0n) is 10.5. The molecule has 0 bridgehead atoms. The fraction of sp³-hybridized carbons (Fsp3) is 0.750. The van der Waals surface area contributed by atoms with Crippen molar-refractivity contribution in [1.29, 1.82) is 0 Å². The van der Waals surface area contributed by atoms with Gasteiger partial charge in [0.05, 0.1) is 5.69 Å². The van der Waals surface area contributed by atoms with Gasteiger partial charge in [-0.25, -0.2) is 4.98 Å². The molecule has 0 aliphatic heterocycles. The fourth-order valence-electron chi connectivity index (χ4n) is 1.88. The molecular weight excluding hydrogens is 186 g/mol. The van der Waals surface area contributed by atoms with Gasteiger partial charge in [0.15, 0.2) is 0 Å². The molecule has 0 spiro atoms. The van der Waals surface area contributed by atoms with Crippen LogP contribution in [0.25, 0.3) is 0 Å². The van der Waals surface area contributed by atoms with E-state index in [0.717, 1.165) is 30.2 Å². The number of nitrogens with zero attached hydrogens (tertiary/aromatic N) is 2. The van der Waals surface area contributed by atoms with Crippen LogP contribution in [0.1, 0.15) is 64.5 Å². The number of aromatic nitrogens is 2. The summed E-state index contributed by atoms with van der Waals surface area (Å²) in [5.74, 6) is 2.40. The highest BCUT2D eigenvalue weighted by molar-refractivity contribution is 5.39. The van der Waals surface area contributed by atoms with E-state index in [2.05, 4.69) is 44.2 Å². The quantitative estimate of drug-likeness (QED) is 0.828. The van der Waals surface area contributed by atoms with Crippen LogP contribution in [0.5, 0.6) is 0 Å². The van der Waals surface area contributed by atoms with Gasteiger partial charge in [0.2, 0.25) is 0 Å². The fourth-order valence-corrected chi connectivity index (χ4v) is 1.88. The summed E-state index contributed by atoms with van der Waals surface area (Å²) in [6.07, 6.45) is 2.07. The van der Waals surface area contributed by atoms with Gasteiger partial charge in [-0.1, -0.05) is 27.2 Å². The van der Waals surface area contributed by atoms with Gasteiger partial charge in [0, 0.05) is 12.0 Å². The summed E-state index contributed by atoms with van der Waals surface area (Å²) in [5, 5.41) is 0. The lowest BCUT2D eigenvalue weighted by Gasteiger charge is -2.15. The third kappa shape index (κ3) is 2.33. The molecule has 3 nitrogen and oxygen atoms in total. The van der Waals surface area contributed by atoms with Crippen molar-refractivity contribution >= 4 is 5.82 Å². The van der Waals surface area contributed by atoms with Crippen LogP contribution in [0.2, 0.25) is 0 Å². The molecule has 0 fully saturated rings. The summed E-state index contributed by atoms with van der Waals surface area (Å²) in [4.78, 5) is 4.66. The average Bonchev–Trinajstić information content (AvgIpc) is 2.44. The molecule has 0 aromatic carbocycles. The van der Waals surface area contributed by atoms with E-state index in [1.165, 1.54) is 0 Å². The number of hydrogen-bond acceptors (Lipinski definition) is 2. The molecule has 3 heteroatoms. The molecular formula is C12H23N3. The number of rotatable bonds is 4. The second-order valence-electron chi connectivity index (χ2n) is 4.67. The van der Waals surface area contributed by atoms with Crippen molar-refractivity contribution in [2.75, 3.05) is 5.73 Å². The first kappa shape index (κ1) is 12.1. The third-order valence-electron chi connectivity index (χ3n) is 2.57. The summed E-state index contributed by atoms with van der Waals surface area (Å²) >= 11 is 0. The number of hydrogen-bond donors (Lipinski definition) is 1. The van der Waals surface area contributed by atoms with Crippen LogP contribution in [-0.4, -0.2) is 9.55 Å².